The first-order chi connectivity index (χ1) is 13.5. The number of rotatable bonds is 6. The van der Waals surface area contributed by atoms with Crippen LogP contribution in [0.4, 0.5) is 11.5 Å². The van der Waals surface area contributed by atoms with Crippen LogP contribution in [-0.4, -0.2) is 34.8 Å². The quantitative estimate of drug-likeness (QED) is 0.575. The fourth-order valence-corrected chi connectivity index (χ4v) is 3.24. The van der Waals surface area contributed by atoms with E-state index in [2.05, 4.69) is 15.2 Å². The first kappa shape index (κ1) is 19.3. The molecule has 3 rings (SSSR count). The lowest BCUT2D eigenvalue weighted by Gasteiger charge is -2.32. The molecule has 1 aliphatic rings. The number of carbonyl (C=O) groups excluding carboxylic acids is 2. The Labute approximate surface area is 161 Å². The standard InChI is InChI=1S/C19H21N5O4/c20-17(25)13-7-10-23(11-8-13)18-15(2-1-9-21-18)12-22-19(26)14-3-5-16(6-4-14)24(27)28/h1-6,9,13H,7-8,10-12H2,(H2,20,25)(H,22,26). The van der Waals surface area contributed by atoms with Crippen molar-refractivity contribution in [2.45, 2.75) is 19.4 Å². The molecule has 28 heavy (non-hydrogen) atoms. The number of nitro benzene ring substituents is 1. The van der Waals surface area contributed by atoms with Gasteiger partial charge in [-0.05, 0) is 31.0 Å². The molecular formula is C19H21N5O4. The van der Waals surface area contributed by atoms with Crippen LogP contribution >= 0.6 is 0 Å². The fourth-order valence-electron chi connectivity index (χ4n) is 3.24. The highest BCUT2D eigenvalue weighted by molar-refractivity contribution is 5.94. The summed E-state index contributed by atoms with van der Waals surface area (Å²) in [5, 5.41) is 13.5. The second-order valence-corrected chi connectivity index (χ2v) is 6.64. The summed E-state index contributed by atoms with van der Waals surface area (Å²) in [4.78, 5) is 40.4. The van der Waals surface area contributed by atoms with Gasteiger partial charge in [0.1, 0.15) is 5.82 Å². The van der Waals surface area contributed by atoms with E-state index >= 15 is 0 Å². The zero-order valence-electron chi connectivity index (χ0n) is 15.2. The summed E-state index contributed by atoms with van der Waals surface area (Å²) in [6.45, 7) is 1.62. The van der Waals surface area contributed by atoms with Crippen molar-refractivity contribution in [1.82, 2.24) is 10.3 Å². The zero-order chi connectivity index (χ0) is 20.1. The predicted octanol–water partition coefficient (Wildman–Crippen LogP) is 1.62. The van der Waals surface area contributed by atoms with Crippen molar-refractivity contribution in [2.75, 3.05) is 18.0 Å². The number of benzene rings is 1. The Balaban J connectivity index is 1.64. The van der Waals surface area contributed by atoms with Crippen LogP contribution in [0.5, 0.6) is 0 Å². The van der Waals surface area contributed by atoms with Crippen molar-refractivity contribution < 1.29 is 14.5 Å². The molecular weight excluding hydrogens is 362 g/mol. The topological polar surface area (TPSA) is 131 Å². The van der Waals surface area contributed by atoms with Crippen molar-refractivity contribution in [1.29, 1.82) is 0 Å². The highest BCUT2D eigenvalue weighted by Crippen LogP contribution is 2.24. The Kier molecular flexibility index (Phi) is 5.83. The number of aromatic nitrogens is 1. The van der Waals surface area contributed by atoms with E-state index in [1.54, 1.807) is 12.3 Å². The number of pyridine rings is 1. The number of anilines is 1. The monoisotopic (exact) mass is 383 g/mol. The van der Waals surface area contributed by atoms with Crippen molar-refractivity contribution in [3.8, 4) is 0 Å². The van der Waals surface area contributed by atoms with E-state index in [4.69, 9.17) is 5.73 Å². The van der Waals surface area contributed by atoms with E-state index < -0.39 is 4.92 Å². The van der Waals surface area contributed by atoms with E-state index in [-0.39, 0.29) is 30.0 Å². The molecule has 1 saturated heterocycles. The number of nitrogens with two attached hydrogens (primary N) is 1. The molecule has 9 heteroatoms. The van der Waals surface area contributed by atoms with Gasteiger partial charge < -0.3 is 16.0 Å². The van der Waals surface area contributed by atoms with Crippen LogP contribution in [0.25, 0.3) is 0 Å². The van der Waals surface area contributed by atoms with Gasteiger partial charge in [0.2, 0.25) is 5.91 Å². The molecule has 3 N–H and O–H groups in total. The summed E-state index contributed by atoms with van der Waals surface area (Å²) in [5.41, 5.74) is 6.52. The summed E-state index contributed by atoms with van der Waals surface area (Å²) < 4.78 is 0. The van der Waals surface area contributed by atoms with Gasteiger partial charge in [0, 0.05) is 55.0 Å². The molecule has 0 atom stereocenters. The smallest absolute Gasteiger partial charge is 0.269 e. The molecule has 146 valence electrons. The minimum absolute atomic E-state index is 0.0644. The van der Waals surface area contributed by atoms with E-state index in [1.807, 2.05) is 6.07 Å². The average molecular weight is 383 g/mol. The molecule has 2 heterocycles. The lowest BCUT2D eigenvalue weighted by molar-refractivity contribution is -0.384. The molecule has 2 aromatic rings. The average Bonchev–Trinajstić information content (AvgIpc) is 2.72. The lowest BCUT2D eigenvalue weighted by Crippen LogP contribution is -2.39. The molecule has 0 unspecified atom stereocenters. The van der Waals surface area contributed by atoms with Crippen LogP contribution in [-0.2, 0) is 11.3 Å². The van der Waals surface area contributed by atoms with E-state index in [9.17, 15) is 19.7 Å². The number of nitrogens with one attached hydrogen (secondary N) is 1. The molecule has 0 bridgehead atoms. The molecule has 1 aliphatic heterocycles. The second-order valence-electron chi connectivity index (χ2n) is 6.64. The zero-order valence-corrected chi connectivity index (χ0v) is 15.2. The van der Waals surface area contributed by atoms with Crippen LogP contribution in [0.15, 0.2) is 42.6 Å². The summed E-state index contributed by atoms with van der Waals surface area (Å²) in [7, 11) is 0. The van der Waals surface area contributed by atoms with Crippen molar-refractivity contribution in [3.05, 3.63) is 63.8 Å². The molecule has 2 amide bonds. The number of nitro groups is 1. The van der Waals surface area contributed by atoms with Crippen molar-refractivity contribution in [2.24, 2.45) is 11.7 Å². The number of amides is 2. The Morgan fingerprint density at radius 3 is 2.50 bits per heavy atom. The summed E-state index contributed by atoms with van der Waals surface area (Å²) in [5.74, 6) is 0.0769. The second kappa shape index (κ2) is 8.47. The number of carbonyl (C=O) groups is 2. The van der Waals surface area contributed by atoms with Gasteiger partial charge in [-0.1, -0.05) is 6.07 Å². The van der Waals surface area contributed by atoms with Gasteiger partial charge >= 0.3 is 0 Å². The predicted molar refractivity (Wildman–Crippen MR) is 103 cm³/mol. The molecule has 9 nitrogen and oxygen atoms in total. The Bertz CT molecular complexity index is 876. The normalized spacial score (nSPS) is 14.5. The highest BCUT2D eigenvalue weighted by Gasteiger charge is 2.25. The largest absolute Gasteiger partial charge is 0.369 e. The number of hydrogen-bond donors (Lipinski definition) is 2. The molecule has 1 aromatic carbocycles. The minimum atomic E-state index is -0.509. The third kappa shape index (κ3) is 4.43. The molecule has 1 fully saturated rings. The lowest BCUT2D eigenvalue weighted by atomic mass is 9.96. The van der Waals surface area contributed by atoms with Gasteiger partial charge in [0.25, 0.3) is 11.6 Å². The van der Waals surface area contributed by atoms with Gasteiger partial charge in [0.05, 0.1) is 4.92 Å². The maximum Gasteiger partial charge on any atom is 0.269 e. The Hall–Kier alpha value is -3.49. The molecule has 1 aromatic heterocycles. The number of nitrogens with zero attached hydrogens (tertiary/aromatic N) is 3. The van der Waals surface area contributed by atoms with Crippen LogP contribution < -0.4 is 16.0 Å². The third-order valence-electron chi connectivity index (χ3n) is 4.84. The molecule has 0 radical (unpaired) electrons. The van der Waals surface area contributed by atoms with E-state index in [0.717, 1.165) is 11.4 Å². The van der Waals surface area contributed by atoms with Gasteiger partial charge in [-0.2, -0.15) is 0 Å². The van der Waals surface area contributed by atoms with Crippen LogP contribution in [0.1, 0.15) is 28.8 Å². The maximum atomic E-state index is 12.3. The Morgan fingerprint density at radius 1 is 1.21 bits per heavy atom. The molecule has 0 spiro atoms. The van der Waals surface area contributed by atoms with Crippen LogP contribution in [0, 0.1) is 16.0 Å². The van der Waals surface area contributed by atoms with Crippen molar-refractivity contribution in [3.63, 3.8) is 0 Å². The van der Waals surface area contributed by atoms with Gasteiger partial charge in [-0.15, -0.1) is 0 Å². The van der Waals surface area contributed by atoms with Gasteiger partial charge in [-0.25, -0.2) is 4.98 Å². The molecule has 0 saturated carbocycles. The van der Waals surface area contributed by atoms with E-state index in [0.29, 0.717) is 31.5 Å². The van der Waals surface area contributed by atoms with Crippen LogP contribution in [0.2, 0.25) is 0 Å². The number of hydrogen-bond acceptors (Lipinski definition) is 6. The summed E-state index contributed by atoms with van der Waals surface area (Å²) in [6, 6.07) is 9.13. The minimum Gasteiger partial charge on any atom is -0.369 e. The number of primary amides is 1. The Morgan fingerprint density at radius 2 is 1.89 bits per heavy atom. The van der Waals surface area contributed by atoms with Crippen molar-refractivity contribution >= 4 is 23.3 Å². The molecule has 0 aliphatic carbocycles. The number of piperidine rings is 1. The third-order valence-corrected chi connectivity index (χ3v) is 4.84. The fraction of sp³-hybridized carbons (Fsp3) is 0.316. The SMILES string of the molecule is NC(=O)C1CCN(c2ncccc2CNC(=O)c2ccc([N+](=O)[O-])cc2)CC1. The van der Waals surface area contributed by atoms with Gasteiger partial charge in [-0.3, -0.25) is 19.7 Å². The van der Waals surface area contributed by atoms with Crippen LogP contribution in [0.3, 0.4) is 0 Å². The van der Waals surface area contributed by atoms with Gasteiger partial charge in [0.15, 0.2) is 0 Å². The first-order valence-electron chi connectivity index (χ1n) is 8.96. The first-order valence-corrected chi connectivity index (χ1v) is 8.96. The summed E-state index contributed by atoms with van der Waals surface area (Å²) >= 11 is 0. The number of non-ortho nitro benzene ring substituents is 1. The highest BCUT2D eigenvalue weighted by atomic mass is 16.6. The van der Waals surface area contributed by atoms with E-state index in [1.165, 1.54) is 24.3 Å². The maximum absolute atomic E-state index is 12.3. The summed E-state index contributed by atoms with van der Waals surface area (Å²) in [6.07, 6.45) is 3.05.